The molecule has 0 aliphatic carbocycles. The number of halogens is 2. The smallest absolute Gasteiger partial charge is 0.289 e. The first kappa shape index (κ1) is 21.1. The Bertz CT molecular complexity index is 1040. The molecule has 1 aliphatic rings. The van der Waals surface area contributed by atoms with Crippen LogP contribution < -0.4 is 10.2 Å². The second-order valence-corrected chi connectivity index (χ2v) is 6.91. The minimum atomic E-state index is -0.689. The predicted octanol–water partition coefficient (Wildman–Crippen LogP) is 3.56. The molecular formula is C20H17ClFN5O3. The van der Waals surface area contributed by atoms with Gasteiger partial charge in [-0.3, -0.25) is 14.9 Å². The lowest BCUT2D eigenvalue weighted by molar-refractivity contribution is -0.384. The van der Waals surface area contributed by atoms with Crippen LogP contribution in [-0.4, -0.2) is 41.9 Å². The summed E-state index contributed by atoms with van der Waals surface area (Å²) in [6.07, 6.45) is 1.44. The van der Waals surface area contributed by atoms with Crippen molar-refractivity contribution in [3.05, 3.63) is 75.2 Å². The van der Waals surface area contributed by atoms with Crippen molar-refractivity contribution in [1.29, 1.82) is 5.26 Å². The molecule has 1 heterocycles. The Morgan fingerprint density at radius 2 is 1.93 bits per heavy atom. The van der Waals surface area contributed by atoms with Gasteiger partial charge in [-0.25, -0.2) is 4.39 Å². The van der Waals surface area contributed by atoms with Crippen molar-refractivity contribution in [1.82, 2.24) is 4.90 Å². The van der Waals surface area contributed by atoms with E-state index in [0.29, 0.717) is 31.9 Å². The fourth-order valence-electron chi connectivity index (χ4n) is 3.05. The minimum Gasteiger partial charge on any atom is -0.373 e. The van der Waals surface area contributed by atoms with Crippen molar-refractivity contribution >= 4 is 34.6 Å². The van der Waals surface area contributed by atoms with E-state index in [-0.39, 0.29) is 27.8 Å². The highest BCUT2D eigenvalue weighted by Gasteiger charge is 2.20. The quantitative estimate of drug-likeness (QED) is 0.337. The second-order valence-electron chi connectivity index (χ2n) is 6.51. The van der Waals surface area contributed by atoms with Gasteiger partial charge in [0, 0.05) is 44.1 Å². The third-order valence-corrected chi connectivity index (χ3v) is 4.90. The summed E-state index contributed by atoms with van der Waals surface area (Å²) in [5.41, 5.74) is 0.179. The fraction of sp³-hybridized carbons (Fsp3) is 0.200. The summed E-state index contributed by atoms with van der Waals surface area (Å²) in [4.78, 5) is 26.4. The van der Waals surface area contributed by atoms with Crippen molar-refractivity contribution in [2.75, 3.05) is 36.4 Å². The standard InChI is InChI=1S/C20H17ClFN5O3/c21-16-6-5-15(11-19(16)27(29)30)24-20(28)14(12-23)13-25-7-9-26(10-8-25)18-4-2-1-3-17(18)22/h1-6,11,13H,7-10H2,(H,24,28)/b14-13-. The van der Waals surface area contributed by atoms with Crippen LogP contribution in [0.15, 0.2) is 54.2 Å². The zero-order valence-corrected chi connectivity index (χ0v) is 16.5. The maximum Gasteiger partial charge on any atom is 0.289 e. The van der Waals surface area contributed by atoms with Crippen LogP contribution in [0.1, 0.15) is 0 Å². The number of nitro groups is 1. The Kier molecular flexibility index (Phi) is 6.49. The lowest BCUT2D eigenvalue weighted by Crippen LogP contribution is -2.44. The number of rotatable bonds is 5. The van der Waals surface area contributed by atoms with E-state index in [0.717, 1.165) is 6.07 Å². The average molecular weight is 430 g/mol. The van der Waals surface area contributed by atoms with Crippen molar-refractivity contribution in [2.45, 2.75) is 0 Å². The van der Waals surface area contributed by atoms with Crippen LogP contribution in [0.5, 0.6) is 0 Å². The Labute approximate surface area is 176 Å². The Balaban J connectivity index is 1.66. The van der Waals surface area contributed by atoms with Gasteiger partial charge in [-0.05, 0) is 24.3 Å². The summed E-state index contributed by atoms with van der Waals surface area (Å²) in [5, 5.41) is 22.8. The van der Waals surface area contributed by atoms with Gasteiger partial charge in [0.1, 0.15) is 22.5 Å². The van der Waals surface area contributed by atoms with Crippen LogP contribution in [0.25, 0.3) is 0 Å². The number of nitrogens with one attached hydrogen (secondary N) is 1. The SMILES string of the molecule is N#C/C(=C/N1CCN(c2ccccc2F)CC1)C(=O)Nc1ccc(Cl)c([N+](=O)[O-])c1. The molecule has 0 radical (unpaired) electrons. The lowest BCUT2D eigenvalue weighted by Gasteiger charge is -2.35. The zero-order valence-electron chi connectivity index (χ0n) is 15.7. The number of benzene rings is 2. The number of amides is 1. The Hall–Kier alpha value is -3.64. The number of para-hydroxylation sites is 1. The monoisotopic (exact) mass is 429 g/mol. The first-order valence-electron chi connectivity index (χ1n) is 9.00. The van der Waals surface area contributed by atoms with Gasteiger partial charge < -0.3 is 15.1 Å². The first-order valence-corrected chi connectivity index (χ1v) is 9.37. The van der Waals surface area contributed by atoms with Crippen LogP contribution in [-0.2, 0) is 4.79 Å². The Morgan fingerprint density at radius 1 is 1.23 bits per heavy atom. The average Bonchev–Trinajstić information content (AvgIpc) is 2.74. The zero-order chi connectivity index (χ0) is 21.7. The van der Waals surface area contributed by atoms with Crippen LogP contribution in [0.3, 0.4) is 0 Å². The summed E-state index contributed by atoms with van der Waals surface area (Å²) in [6.45, 7) is 2.06. The molecule has 0 unspecified atom stereocenters. The van der Waals surface area contributed by atoms with Crippen molar-refractivity contribution in [2.24, 2.45) is 0 Å². The lowest BCUT2D eigenvalue weighted by atomic mass is 10.2. The molecule has 2 aromatic rings. The van der Waals surface area contributed by atoms with E-state index in [4.69, 9.17) is 11.6 Å². The number of anilines is 2. The van der Waals surface area contributed by atoms with Crippen LogP contribution in [0.2, 0.25) is 5.02 Å². The molecule has 30 heavy (non-hydrogen) atoms. The van der Waals surface area contributed by atoms with E-state index in [2.05, 4.69) is 5.32 Å². The molecule has 0 aromatic heterocycles. The molecule has 154 valence electrons. The third kappa shape index (κ3) is 4.85. The number of carbonyl (C=O) groups is 1. The number of nitro benzene ring substituents is 1. The summed E-state index contributed by atoms with van der Waals surface area (Å²) in [7, 11) is 0. The number of nitriles is 1. The van der Waals surface area contributed by atoms with E-state index in [1.165, 1.54) is 24.4 Å². The second kappa shape index (κ2) is 9.24. The third-order valence-electron chi connectivity index (χ3n) is 4.58. The van der Waals surface area contributed by atoms with Gasteiger partial charge in [0.25, 0.3) is 11.6 Å². The molecule has 2 aromatic carbocycles. The van der Waals surface area contributed by atoms with Crippen LogP contribution >= 0.6 is 11.6 Å². The Morgan fingerprint density at radius 3 is 2.57 bits per heavy atom. The van der Waals surface area contributed by atoms with Gasteiger partial charge in [-0.2, -0.15) is 5.26 Å². The van der Waals surface area contributed by atoms with Gasteiger partial charge in [-0.15, -0.1) is 0 Å². The highest BCUT2D eigenvalue weighted by atomic mass is 35.5. The number of hydrogen-bond donors (Lipinski definition) is 1. The fourth-order valence-corrected chi connectivity index (χ4v) is 3.24. The van der Waals surface area contributed by atoms with E-state index >= 15 is 0 Å². The minimum absolute atomic E-state index is 0.0539. The van der Waals surface area contributed by atoms with Crippen molar-refractivity contribution in [3.63, 3.8) is 0 Å². The van der Waals surface area contributed by atoms with E-state index < -0.39 is 10.8 Å². The van der Waals surface area contributed by atoms with E-state index in [9.17, 15) is 24.6 Å². The molecule has 1 fully saturated rings. The molecule has 0 bridgehead atoms. The molecule has 1 aliphatic heterocycles. The largest absolute Gasteiger partial charge is 0.373 e. The predicted molar refractivity (Wildman–Crippen MR) is 111 cm³/mol. The molecule has 0 atom stereocenters. The molecule has 1 saturated heterocycles. The number of carbonyl (C=O) groups excluding carboxylic acids is 1. The molecular weight excluding hydrogens is 413 g/mol. The van der Waals surface area contributed by atoms with Gasteiger partial charge in [0.15, 0.2) is 0 Å². The molecule has 1 amide bonds. The van der Waals surface area contributed by atoms with Gasteiger partial charge in [0.2, 0.25) is 0 Å². The summed E-state index contributed by atoms with van der Waals surface area (Å²) in [6, 6.07) is 12.2. The van der Waals surface area contributed by atoms with Gasteiger partial charge >= 0.3 is 0 Å². The molecule has 10 heteroatoms. The topological polar surface area (TPSA) is 103 Å². The maximum atomic E-state index is 13.9. The van der Waals surface area contributed by atoms with Crippen LogP contribution in [0, 0.1) is 27.3 Å². The molecule has 8 nitrogen and oxygen atoms in total. The maximum absolute atomic E-state index is 13.9. The highest BCUT2D eigenvalue weighted by Crippen LogP contribution is 2.27. The molecule has 0 saturated carbocycles. The summed E-state index contributed by atoms with van der Waals surface area (Å²) < 4.78 is 13.9. The van der Waals surface area contributed by atoms with E-state index in [1.807, 2.05) is 11.0 Å². The first-order chi connectivity index (χ1) is 14.4. The number of hydrogen-bond acceptors (Lipinski definition) is 6. The van der Waals surface area contributed by atoms with E-state index in [1.54, 1.807) is 23.1 Å². The highest BCUT2D eigenvalue weighted by molar-refractivity contribution is 6.32. The number of piperazine rings is 1. The number of nitrogens with zero attached hydrogens (tertiary/aromatic N) is 4. The van der Waals surface area contributed by atoms with Gasteiger partial charge in [0.05, 0.1) is 10.6 Å². The van der Waals surface area contributed by atoms with Crippen molar-refractivity contribution in [3.8, 4) is 6.07 Å². The summed E-state index contributed by atoms with van der Waals surface area (Å²) in [5.74, 6) is -0.985. The molecule has 0 spiro atoms. The normalized spacial score (nSPS) is 14.2. The van der Waals surface area contributed by atoms with Crippen LogP contribution in [0.4, 0.5) is 21.5 Å². The van der Waals surface area contributed by atoms with Gasteiger partial charge in [-0.1, -0.05) is 23.7 Å². The molecule has 3 rings (SSSR count). The summed E-state index contributed by atoms with van der Waals surface area (Å²) >= 11 is 5.76. The molecule has 1 N–H and O–H groups in total. The van der Waals surface area contributed by atoms with Crippen molar-refractivity contribution < 1.29 is 14.1 Å².